The lowest BCUT2D eigenvalue weighted by molar-refractivity contribution is 0.369. The van der Waals surface area contributed by atoms with Gasteiger partial charge in [0.15, 0.2) is 0 Å². The Morgan fingerprint density at radius 2 is 1.55 bits per heavy atom. The van der Waals surface area contributed by atoms with Crippen molar-refractivity contribution >= 4 is 22.6 Å². The summed E-state index contributed by atoms with van der Waals surface area (Å²) >= 11 is 0. The van der Waals surface area contributed by atoms with Crippen LogP contribution in [-0.4, -0.2) is 0 Å². The van der Waals surface area contributed by atoms with Gasteiger partial charge < -0.3 is 4.90 Å². The highest BCUT2D eigenvalue weighted by molar-refractivity contribution is 5.80. The second kappa shape index (κ2) is 9.19. The molecule has 0 aliphatic heterocycles. The van der Waals surface area contributed by atoms with Gasteiger partial charge >= 0.3 is 0 Å². The van der Waals surface area contributed by atoms with Crippen molar-refractivity contribution in [3.05, 3.63) is 119 Å². The van der Waals surface area contributed by atoms with E-state index in [9.17, 15) is 5.26 Å². The van der Waals surface area contributed by atoms with Crippen molar-refractivity contribution in [2.24, 2.45) is 5.41 Å². The number of para-hydroxylation sites is 2. The van der Waals surface area contributed by atoms with Gasteiger partial charge in [-0.15, -0.1) is 0 Å². The maximum atomic E-state index is 9.41. The van der Waals surface area contributed by atoms with Crippen molar-refractivity contribution in [2.45, 2.75) is 33.6 Å². The first-order valence-electron chi connectivity index (χ1n) is 11.1. The van der Waals surface area contributed by atoms with E-state index in [1.807, 2.05) is 12.1 Å². The van der Waals surface area contributed by atoms with E-state index in [0.29, 0.717) is 0 Å². The van der Waals surface area contributed by atoms with Gasteiger partial charge in [-0.2, -0.15) is 0 Å². The Morgan fingerprint density at radius 3 is 2.06 bits per heavy atom. The predicted octanol–water partition coefficient (Wildman–Crippen LogP) is 8.37. The van der Waals surface area contributed by atoms with Crippen LogP contribution in [0.1, 0.15) is 37.8 Å². The van der Waals surface area contributed by atoms with Crippen LogP contribution < -0.4 is 4.90 Å². The summed E-state index contributed by atoms with van der Waals surface area (Å²) in [4.78, 5) is 5.74. The number of aryl methyl sites for hydroxylation is 1. The molecule has 0 aromatic heterocycles. The molecular weight excluding hydrogens is 402 g/mol. The maximum Gasteiger partial charge on any atom is 0.265 e. The Balaban J connectivity index is 1.80. The summed E-state index contributed by atoms with van der Waals surface area (Å²) in [5.41, 5.74) is 7.88. The van der Waals surface area contributed by atoms with E-state index in [0.717, 1.165) is 41.0 Å². The Bertz CT molecular complexity index is 1240. The molecule has 0 saturated heterocycles. The summed E-state index contributed by atoms with van der Waals surface area (Å²) in [5, 5.41) is 9.41. The zero-order valence-electron chi connectivity index (χ0n) is 19.3. The number of hydrogen-bond donors (Lipinski definition) is 0. The Morgan fingerprint density at radius 1 is 0.939 bits per heavy atom. The summed E-state index contributed by atoms with van der Waals surface area (Å²) in [6.45, 7) is 13.9. The highest BCUT2D eigenvalue weighted by Gasteiger charge is 2.28. The van der Waals surface area contributed by atoms with Crippen molar-refractivity contribution in [3.8, 4) is 6.07 Å². The monoisotopic (exact) mass is 429 g/mol. The number of nitriles is 1. The van der Waals surface area contributed by atoms with Crippen molar-refractivity contribution in [2.75, 3.05) is 4.90 Å². The fraction of sp³-hybridized carbons (Fsp3) is 0.200. The third kappa shape index (κ3) is 4.74. The molecule has 3 aromatic rings. The molecule has 3 aromatic carbocycles. The fourth-order valence-corrected chi connectivity index (χ4v) is 4.60. The van der Waals surface area contributed by atoms with E-state index in [4.69, 9.17) is 6.57 Å². The average molecular weight is 430 g/mol. The van der Waals surface area contributed by atoms with Crippen LogP contribution in [-0.2, 0) is 0 Å². The first kappa shape index (κ1) is 22.1. The van der Waals surface area contributed by atoms with Gasteiger partial charge in [0.05, 0.1) is 12.6 Å². The molecule has 3 heteroatoms. The predicted molar refractivity (Wildman–Crippen MR) is 136 cm³/mol. The summed E-state index contributed by atoms with van der Waals surface area (Å²) in [6.07, 6.45) is 3.71. The van der Waals surface area contributed by atoms with Crippen LogP contribution in [0.2, 0.25) is 0 Å². The summed E-state index contributed by atoms with van der Waals surface area (Å²) in [7, 11) is 0. The van der Waals surface area contributed by atoms with Crippen LogP contribution in [0.25, 0.3) is 10.4 Å². The Hall–Kier alpha value is -4.08. The third-order valence-corrected chi connectivity index (χ3v) is 6.05. The van der Waals surface area contributed by atoms with Gasteiger partial charge in [0.25, 0.3) is 5.70 Å². The SMILES string of the molecule is [C-]#[N+]C(C#N)=C1C=C(c2ccc(N(c3ccccc3)c3ccccc3)c(C)c2)CC(C)(C)C1. The van der Waals surface area contributed by atoms with E-state index in [1.54, 1.807) is 0 Å². The lowest BCUT2D eigenvalue weighted by Gasteiger charge is -2.32. The molecule has 0 N–H and O–H groups in total. The second-order valence-corrected chi connectivity index (χ2v) is 9.29. The third-order valence-electron chi connectivity index (χ3n) is 6.05. The largest absolute Gasteiger partial charge is 0.310 e. The van der Waals surface area contributed by atoms with Gasteiger partial charge in [-0.3, -0.25) is 0 Å². The van der Waals surface area contributed by atoms with E-state index >= 15 is 0 Å². The lowest BCUT2D eigenvalue weighted by atomic mass is 9.73. The first-order valence-corrected chi connectivity index (χ1v) is 11.1. The van der Waals surface area contributed by atoms with Gasteiger partial charge in [-0.1, -0.05) is 62.4 Å². The molecule has 0 saturated carbocycles. The molecule has 0 fully saturated rings. The molecule has 1 aliphatic carbocycles. The van der Waals surface area contributed by atoms with E-state index in [1.165, 1.54) is 11.1 Å². The highest BCUT2D eigenvalue weighted by atomic mass is 15.1. The Labute approximate surface area is 196 Å². The highest BCUT2D eigenvalue weighted by Crippen LogP contribution is 2.44. The zero-order valence-corrected chi connectivity index (χ0v) is 19.3. The molecule has 4 rings (SSSR count). The van der Waals surface area contributed by atoms with Gasteiger partial charge in [-0.25, -0.2) is 10.1 Å². The van der Waals surface area contributed by atoms with Crippen molar-refractivity contribution in [1.82, 2.24) is 0 Å². The normalized spacial score (nSPS) is 16.2. The summed E-state index contributed by atoms with van der Waals surface area (Å²) in [6, 6.07) is 29.4. The van der Waals surface area contributed by atoms with E-state index in [-0.39, 0.29) is 11.1 Å². The molecule has 0 unspecified atom stereocenters. The Kier molecular flexibility index (Phi) is 6.16. The molecule has 0 bridgehead atoms. The summed E-state index contributed by atoms with van der Waals surface area (Å²) < 4.78 is 0. The number of hydrogen-bond acceptors (Lipinski definition) is 2. The first-order chi connectivity index (χ1) is 15.9. The molecule has 3 nitrogen and oxygen atoms in total. The number of allylic oxidation sites excluding steroid dienone is 4. The van der Waals surface area contributed by atoms with Gasteiger partial charge in [0.1, 0.15) is 0 Å². The number of benzene rings is 3. The van der Waals surface area contributed by atoms with Crippen LogP contribution in [0.3, 0.4) is 0 Å². The average Bonchev–Trinajstić information content (AvgIpc) is 2.81. The molecule has 0 radical (unpaired) electrons. The van der Waals surface area contributed by atoms with Crippen molar-refractivity contribution in [3.63, 3.8) is 0 Å². The minimum atomic E-state index is -0.00110. The molecule has 33 heavy (non-hydrogen) atoms. The van der Waals surface area contributed by atoms with Crippen LogP contribution in [0.5, 0.6) is 0 Å². The van der Waals surface area contributed by atoms with Crippen molar-refractivity contribution < 1.29 is 0 Å². The van der Waals surface area contributed by atoms with Crippen LogP contribution in [0.15, 0.2) is 96.2 Å². The molecular formula is C30H27N3. The molecule has 0 atom stereocenters. The smallest absolute Gasteiger partial charge is 0.265 e. The molecule has 0 spiro atoms. The molecule has 0 amide bonds. The number of anilines is 3. The zero-order chi connectivity index (χ0) is 23.4. The molecule has 1 aliphatic rings. The van der Waals surface area contributed by atoms with Gasteiger partial charge in [0.2, 0.25) is 0 Å². The van der Waals surface area contributed by atoms with Crippen molar-refractivity contribution in [1.29, 1.82) is 5.26 Å². The minimum absolute atomic E-state index is 0.00110. The van der Waals surface area contributed by atoms with E-state index in [2.05, 4.69) is 109 Å². The fourth-order valence-electron chi connectivity index (χ4n) is 4.60. The lowest BCUT2D eigenvalue weighted by Crippen LogP contribution is -2.17. The second-order valence-electron chi connectivity index (χ2n) is 9.29. The van der Waals surface area contributed by atoms with Crippen LogP contribution in [0.4, 0.5) is 17.1 Å². The van der Waals surface area contributed by atoms with E-state index < -0.39 is 0 Å². The van der Waals surface area contributed by atoms with Gasteiger partial charge in [-0.05, 0) is 83.9 Å². The van der Waals surface area contributed by atoms with Crippen LogP contribution in [0, 0.1) is 30.2 Å². The standard InChI is InChI=1S/C30H27N3/c1-22-17-23(24-18-25(28(21-31)32-4)20-30(2,3)19-24)15-16-29(22)33(26-11-7-5-8-12-26)27-13-9-6-10-14-27/h5-18H,19-20H2,1-3H3. The van der Waals surface area contributed by atoms with Crippen LogP contribution >= 0.6 is 0 Å². The maximum absolute atomic E-state index is 9.41. The number of rotatable bonds is 4. The quantitative estimate of drug-likeness (QED) is 0.308. The van der Waals surface area contributed by atoms with Gasteiger partial charge in [0, 0.05) is 17.1 Å². The number of nitrogens with zero attached hydrogens (tertiary/aromatic N) is 3. The summed E-state index contributed by atoms with van der Waals surface area (Å²) in [5.74, 6) is 0. The minimum Gasteiger partial charge on any atom is -0.310 e. The topological polar surface area (TPSA) is 31.4 Å². The molecule has 0 heterocycles. The molecule has 162 valence electrons.